The summed E-state index contributed by atoms with van der Waals surface area (Å²) in [6, 6.07) is 0. The van der Waals surface area contributed by atoms with Gasteiger partial charge in [-0.2, -0.15) is 0 Å². The number of anilines is 1. The Morgan fingerprint density at radius 1 is 1.60 bits per heavy atom. The van der Waals surface area contributed by atoms with Gasteiger partial charge in [0.1, 0.15) is 5.82 Å². The normalized spacial score (nSPS) is 9.47. The third-order valence-corrected chi connectivity index (χ3v) is 1.60. The van der Waals surface area contributed by atoms with Crippen LogP contribution in [0.2, 0.25) is 0 Å². The van der Waals surface area contributed by atoms with Crippen molar-refractivity contribution in [3.05, 3.63) is 30.2 Å². The molecular weight excluding hydrogens is 194 g/mol. The van der Waals surface area contributed by atoms with Gasteiger partial charge in [-0.15, -0.1) is 0 Å². The number of esters is 1. The van der Waals surface area contributed by atoms with E-state index in [0.717, 1.165) is 5.57 Å². The van der Waals surface area contributed by atoms with Crippen molar-refractivity contribution in [2.24, 2.45) is 0 Å². The summed E-state index contributed by atoms with van der Waals surface area (Å²) in [6.45, 7) is 6.23. The van der Waals surface area contributed by atoms with Crippen LogP contribution in [-0.4, -0.2) is 29.6 Å². The number of hydrogen-bond acceptors (Lipinski definition) is 5. The second-order valence-corrected chi connectivity index (χ2v) is 3.09. The lowest BCUT2D eigenvalue weighted by atomic mass is 10.3. The van der Waals surface area contributed by atoms with Gasteiger partial charge in [-0.3, -0.25) is 4.98 Å². The highest BCUT2D eigenvalue weighted by Gasteiger charge is 2.07. The molecule has 5 heteroatoms. The van der Waals surface area contributed by atoms with Crippen LogP contribution in [-0.2, 0) is 4.74 Å². The van der Waals surface area contributed by atoms with E-state index >= 15 is 0 Å². The van der Waals surface area contributed by atoms with E-state index in [0.29, 0.717) is 12.4 Å². The van der Waals surface area contributed by atoms with E-state index in [1.54, 1.807) is 0 Å². The van der Waals surface area contributed by atoms with Gasteiger partial charge in [0, 0.05) is 6.54 Å². The average Bonchev–Trinajstić information content (AvgIpc) is 2.25. The Bertz CT molecular complexity index is 377. The van der Waals surface area contributed by atoms with Gasteiger partial charge in [-0.25, -0.2) is 9.78 Å². The highest BCUT2D eigenvalue weighted by Crippen LogP contribution is 2.03. The van der Waals surface area contributed by atoms with E-state index in [4.69, 9.17) is 0 Å². The summed E-state index contributed by atoms with van der Waals surface area (Å²) in [5.41, 5.74) is 1.16. The molecule has 0 atom stereocenters. The summed E-state index contributed by atoms with van der Waals surface area (Å²) in [6.07, 6.45) is 2.90. The molecule has 0 aromatic carbocycles. The number of nitrogens with one attached hydrogen (secondary N) is 1. The molecule has 0 aliphatic heterocycles. The molecule has 0 spiro atoms. The Kier molecular flexibility index (Phi) is 3.79. The molecular formula is C10H13N3O2. The monoisotopic (exact) mass is 207 g/mol. The molecule has 1 N–H and O–H groups in total. The minimum absolute atomic E-state index is 0.184. The number of carbonyl (C=O) groups excluding carboxylic acids is 1. The van der Waals surface area contributed by atoms with Crippen LogP contribution in [0.5, 0.6) is 0 Å². The Morgan fingerprint density at radius 3 is 2.93 bits per heavy atom. The van der Waals surface area contributed by atoms with Crippen molar-refractivity contribution in [2.45, 2.75) is 6.92 Å². The lowest BCUT2D eigenvalue weighted by Gasteiger charge is -2.05. The molecule has 0 amide bonds. The fraction of sp³-hybridized carbons (Fsp3) is 0.300. The first-order valence-corrected chi connectivity index (χ1v) is 4.42. The fourth-order valence-corrected chi connectivity index (χ4v) is 0.896. The van der Waals surface area contributed by atoms with E-state index in [9.17, 15) is 4.79 Å². The number of methoxy groups -OCH3 is 1. The van der Waals surface area contributed by atoms with Gasteiger partial charge in [-0.1, -0.05) is 12.2 Å². The summed E-state index contributed by atoms with van der Waals surface area (Å²) in [5.74, 6) is 0.0300. The second-order valence-electron chi connectivity index (χ2n) is 3.09. The summed E-state index contributed by atoms with van der Waals surface area (Å²) in [5, 5.41) is 2.98. The van der Waals surface area contributed by atoms with Crippen molar-refractivity contribution in [2.75, 3.05) is 19.0 Å². The molecule has 15 heavy (non-hydrogen) atoms. The molecule has 0 unspecified atom stereocenters. The summed E-state index contributed by atoms with van der Waals surface area (Å²) < 4.78 is 4.53. The van der Waals surface area contributed by atoms with Crippen LogP contribution in [0.1, 0.15) is 17.4 Å². The van der Waals surface area contributed by atoms with Gasteiger partial charge in [0.25, 0.3) is 0 Å². The van der Waals surface area contributed by atoms with Crippen LogP contribution in [0.25, 0.3) is 0 Å². The molecule has 0 saturated heterocycles. The third-order valence-electron chi connectivity index (χ3n) is 1.60. The third kappa shape index (κ3) is 3.38. The van der Waals surface area contributed by atoms with Crippen molar-refractivity contribution in [1.29, 1.82) is 0 Å². The largest absolute Gasteiger partial charge is 0.464 e. The summed E-state index contributed by atoms with van der Waals surface area (Å²) in [7, 11) is 1.30. The Hall–Kier alpha value is -1.91. The maximum Gasteiger partial charge on any atom is 0.358 e. The second kappa shape index (κ2) is 5.09. The Labute approximate surface area is 88.2 Å². The first-order valence-electron chi connectivity index (χ1n) is 4.42. The fourth-order valence-electron chi connectivity index (χ4n) is 0.896. The zero-order valence-electron chi connectivity index (χ0n) is 8.78. The average molecular weight is 207 g/mol. The summed E-state index contributed by atoms with van der Waals surface area (Å²) >= 11 is 0. The van der Waals surface area contributed by atoms with Crippen molar-refractivity contribution in [3.63, 3.8) is 0 Å². The van der Waals surface area contributed by atoms with E-state index in [-0.39, 0.29) is 5.69 Å². The van der Waals surface area contributed by atoms with E-state index in [1.807, 2.05) is 6.92 Å². The van der Waals surface area contributed by atoms with Crippen LogP contribution >= 0.6 is 0 Å². The minimum atomic E-state index is -0.499. The first-order chi connectivity index (χ1) is 7.13. The number of aromatic nitrogens is 2. The zero-order chi connectivity index (χ0) is 11.3. The molecule has 0 fully saturated rings. The quantitative estimate of drug-likeness (QED) is 0.594. The number of hydrogen-bond donors (Lipinski definition) is 1. The lowest BCUT2D eigenvalue weighted by molar-refractivity contribution is 0.0593. The van der Waals surface area contributed by atoms with Gasteiger partial charge in [0.15, 0.2) is 5.69 Å². The minimum Gasteiger partial charge on any atom is -0.464 e. The van der Waals surface area contributed by atoms with Crippen molar-refractivity contribution < 1.29 is 9.53 Å². The lowest BCUT2D eigenvalue weighted by Crippen LogP contribution is -2.09. The SMILES string of the molecule is C=C(C)CNc1cncc(C(=O)OC)n1. The Morgan fingerprint density at radius 2 is 2.33 bits per heavy atom. The van der Waals surface area contributed by atoms with Gasteiger partial charge in [-0.05, 0) is 6.92 Å². The smallest absolute Gasteiger partial charge is 0.358 e. The highest BCUT2D eigenvalue weighted by atomic mass is 16.5. The molecule has 1 rings (SSSR count). The van der Waals surface area contributed by atoms with Gasteiger partial charge in [0.2, 0.25) is 0 Å². The molecule has 0 bridgehead atoms. The standard InChI is InChI=1S/C10H13N3O2/c1-7(2)4-12-9-6-11-5-8(13-9)10(14)15-3/h5-6H,1,4H2,2-3H3,(H,12,13). The van der Waals surface area contributed by atoms with Crippen molar-refractivity contribution in [3.8, 4) is 0 Å². The molecule has 1 aromatic heterocycles. The first kappa shape index (κ1) is 11.2. The predicted octanol–water partition coefficient (Wildman–Crippen LogP) is 1.25. The van der Waals surface area contributed by atoms with Crippen LogP contribution in [0.3, 0.4) is 0 Å². The van der Waals surface area contributed by atoms with E-state index < -0.39 is 5.97 Å². The number of rotatable bonds is 4. The van der Waals surface area contributed by atoms with Crippen LogP contribution < -0.4 is 5.32 Å². The van der Waals surface area contributed by atoms with E-state index in [1.165, 1.54) is 19.5 Å². The summed E-state index contributed by atoms with van der Waals surface area (Å²) in [4.78, 5) is 19.0. The topological polar surface area (TPSA) is 64.1 Å². The molecule has 0 aliphatic carbocycles. The van der Waals surface area contributed by atoms with E-state index in [2.05, 4.69) is 26.6 Å². The maximum absolute atomic E-state index is 11.1. The number of carbonyl (C=O) groups is 1. The Balaban J connectivity index is 2.74. The predicted molar refractivity (Wildman–Crippen MR) is 56.7 cm³/mol. The molecule has 5 nitrogen and oxygen atoms in total. The van der Waals surface area contributed by atoms with Crippen molar-refractivity contribution in [1.82, 2.24) is 9.97 Å². The van der Waals surface area contributed by atoms with Gasteiger partial charge >= 0.3 is 5.97 Å². The van der Waals surface area contributed by atoms with Gasteiger partial charge in [0.05, 0.1) is 19.5 Å². The number of nitrogens with zero attached hydrogens (tertiary/aromatic N) is 2. The van der Waals surface area contributed by atoms with Crippen molar-refractivity contribution >= 4 is 11.8 Å². The molecule has 1 heterocycles. The molecule has 0 aliphatic rings. The van der Waals surface area contributed by atoms with Crippen LogP contribution in [0.15, 0.2) is 24.5 Å². The van der Waals surface area contributed by atoms with Gasteiger partial charge < -0.3 is 10.1 Å². The van der Waals surface area contributed by atoms with Crippen LogP contribution in [0.4, 0.5) is 5.82 Å². The van der Waals surface area contributed by atoms with Crippen LogP contribution in [0, 0.1) is 0 Å². The zero-order valence-corrected chi connectivity index (χ0v) is 8.78. The molecule has 0 radical (unpaired) electrons. The molecule has 0 saturated carbocycles. The molecule has 80 valence electrons. The maximum atomic E-state index is 11.1. The molecule has 1 aromatic rings. The highest BCUT2D eigenvalue weighted by molar-refractivity contribution is 5.87. The number of ether oxygens (including phenoxy) is 1.